The molecule has 1 heterocycles. The van der Waals surface area contributed by atoms with Crippen LogP contribution in [0.1, 0.15) is 23.4 Å². The molecule has 3 nitrogen and oxygen atoms in total. The van der Waals surface area contributed by atoms with Crippen LogP contribution < -0.4 is 0 Å². The van der Waals surface area contributed by atoms with E-state index in [1.807, 2.05) is 11.7 Å². The summed E-state index contributed by atoms with van der Waals surface area (Å²) in [5.41, 5.74) is 3.87. The summed E-state index contributed by atoms with van der Waals surface area (Å²) in [6, 6.07) is 0. The van der Waals surface area contributed by atoms with Crippen LogP contribution in [0.3, 0.4) is 0 Å². The predicted molar refractivity (Wildman–Crippen MR) is 46.0 cm³/mol. The molecule has 0 spiro atoms. The highest BCUT2D eigenvalue weighted by molar-refractivity contribution is 5.30. The maximum absolute atomic E-state index is 8.85. The van der Waals surface area contributed by atoms with Gasteiger partial charge in [0.15, 0.2) is 0 Å². The predicted octanol–water partition coefficient (Wildman–Crippen LogP) is 0.444. The number of fused-ring (bicyclic) bond motifs is 1. The van der Waals surface area contributed by atoms with Crippen molar-refractivity contribution in [3.8, 4) is 0 Å². The Morgan fingerprint density at radius 3 is 3.08 bits per heavy atom. The number of hydrogen-bond acceptors (Lipinski definition) is 2. The van der Waals surface area contributed by atoms with Crippen molar-refractivity contribution in [1.82, 2.24) is 9.78 Å². The zero-order valence-electron chi connectivity index (χ0n) is 7.38. The van der Waals surface area contributed by atoms with Crippen LogP contribution in [-0.4, -0.2) is 21.5 Å². The minimum absolute atomic E-state index is 0.228. The largest absolute Gasteiger partial charge is 0.396 e. The Balaban J connectivity index is 2.38. The molecule has 3 heteroatoms. The first-order valence-corrected chi connectivity index (χ1v) is 4.47. The lowest BCUT2D eigenvalue weighted by atomic mass is 10.1. The number of aliphatic hydroxyl groups excluding tert-OH is 1. The second-order valence-corrected chi connectivity index (χ2v) is 3.32. The highest BCUT2D eigenvalue weighted by Crippen LogP contribution is 2.24. The first-order chi connectivity index (χ1) is 5.83. The van der Waals surface area contributed by atoms with Crippen LogP contribution >= 0.6 is 0 Å². The van der Waals surface area contributed by atoms with E-state index in [-0.39, 0.29) is 6.61 Å². The van der Waals surface area contributed by atoms with Gasteiger partial charge in [-0.05, 0) is 24.8 Å². The van der Waals surface area contributed by atoms with E-state index < -0.39 is 0 Å². The maximum atomic E-state index is 8.85. The summed E-state index contributed by atoms with van der Waals surface area (Å²) >= 11 is 0. The second kappa shape index (κ2) is 2.90. The first-order valence-electron chi connectivity index (χ1n) is 4.47. The van der Waals surface area contributed by atoms with Crippen molar-refractivity contribution in [2.45, 2.75) is 25.7 Å². The molecule has 0 amide bonds. The van der Waals surface area contributed by atoms with E-state index in [0.717, 1.165) is 19.3 Å². The van der Waals surface area contributed by atoms with Gasteiger partial charge in [0.2, 0.25) is 0 Å². The molecule has 1 aromatic heterocycles. The van der Waals surface area contributed by atoms with Crippen LogP contribution in [0, 0.1) is 0 Å². The van der Waals surface area contributed by atoms with E-state index in [0.29, 0.717) is 0 Å². The Morgan fingerprint density at radius 1 is 1.50 bits per heavy atom. The summed E-state index contributed by atoms with van der Waals surface area (Å²) < 4.78 is 1.92. The Morgan fingerprint density at radius 2 is 2.33 bits per heavy atom. The van der Waals surface area contributed by atoms with Crippen LogP contribution in [0.2, 0.25) is 0 Å². The third kappa shape index (κ3) is 1.05. The molecule has 12 heavy (non-hydrogen) atoms. The minimum atomic E-state index is 0.228. The van der Waals surface area contributed by atoms with E-state index in [2.05, 4.69) is 5.10 Å². The highest BCUT2D eigenvalue weighted by Gasteiger charge is 2.19. The molecule has 1 aliphatic carbocycles. The van der Waals surface area contributed by atoms with E-state index in [4.69, 9.17) is 5.11 Å². The molecule has 0 atom stereocenters. The summed E-state index contributed by atoms with van der Waals surface area (Å²) in [6.07, 6.45) is 4.25. The summed E-state index contributed by atoms with van der Waals surface area (Å²) in [5.74, 6) is 0. The lowest BCUT2D eigenvalue weighted by Gasteiger charge is -2.01. The van der Waals surface area contributed by atoms with Crippen molar-refractivity contribution in [2.24, 2.45) is 7.05 Å². The van der Waals surface area contributed by atoms with Crippen LogP contribution in [0.4, 0.5) is 0 Å². The smallest absolute Gasteiger partial charge is 0.0659 e. The normalized spacial score (nSPS) is 15.2. The van der Waals surface area contributed by atoms with Crippen LogP contribution in [0.15, 0.2) is 0 Å². The molecule has 1 N–H and O–H groups in total. The molecule has 1 aliphatic rings. The van der Waals surface area contributed by atoms with Crippen LogP contribution in [-0.2, 0) is 26.3 Å². The Labute approximate surface area is 72.0 Å². The van der Waals surface area contributed by atoms with Gasteiger partial charge in [0.05, 0.1) is 5.69 Å². The van der Waals surface area contributed by atoms with Gasteiger partial charge in [-0.2, -0.15) is 5.10 Å². The van der Waals surface area contributed by atoms with Crippen molar-refractivity contribution < 1.29 is 5.11 Å². The summed E-state index contributed by atoms with van der Waals surface area (Å²) in [5, 5.41) is 13.3. The van der Waals surface area contributed by atoms with E-state index in [1.54, 1.807) is 0 Å². The number of aromatic nitrogens is 2. The topological polar surface area (TPSA) is 38.0 Å². The third-order valence-corrected chi connectivity index (χ3v) is 2.55. The molecule has 0 bridgehead atoms. The number of hydrogen-bond donors (Lipinski definition) is 1. The maximum Gasteiger partial charge on any atom is 0.0659 e. The van der Waals surface area contributed by atoms with Gasteiger partial charge in [0, 0.05) is 25.8 Å². The van der Waals surface area contributed by atoms with Crippen molar-refractivity contribution in [3.63, 3.8) is 0 Å². The van der Waals surface area contributed by atoms with Gasteiger partial charge in [0.1, 0.15) is 0 Å². The number of nitrogens with zero attached hydrogens (tertiary/aromatic N) is 2. The van der Waals surface area contributed by atoms with Gasteiger partial charge in [-0.15, -0.1) is 0 Å². The SMILES string of the molecule is Cn1nc2c(c1CCO)CCC2. The molecular weight excluding hydrogens is 152 g/mol. The first kappa shape index (κ1) is 7.80. The average Bonchev–Trinajstić information content (AvgIpc) is 2.56. The fourth-order valence-electron chi connectivity index (χ4n) is 2.00. The lowest BCUT2D eigenvalue weighted by Crippen LogP contribution is -2.03. The van der Waals surface area contributed by atoms with Crippen molar-refractivity contribution >= 4 is 0 Å². The highest BCUT2D eigenvalue weighted by atomic mass is 16.3. The van der Waals surface area contributed by atoms with Crippen LogP contribution in [0.25, 0.3) is 0 Å². The molecule has 0 saturated carbocycles. The molecule has 0 aliphatic heterocycles. The fourth-order valence-corrected chi connectivity index (χ4v) is 2.00. The minimum Gasteiger partial charge on any atom is -0.396 e. The van der Waals surface area contributed by atoms with Crippen molar-refractivity contribution in [2.75, 3.05) is 6.61 Å². The molecule has 66 valence electrons. The standard InChI is InChI=1S/C9H14N2O/c1-11-9(5-6-12)7-3-2-4-8(7)10-11/h12H,2-6H2,1H3. The Kier molecular flexibility index (Phi) is 1.89. The monoisotopic (exact) mass is 166 g/mol. The van der Waals surface area contributed by atoms with Gasteiger partial charge in [0.25, 0.3) is 0 Å². The van der Waals surface area contributed by atoms with E-state index in [1.165, 1.54) is 23.4 Å². The number of aliphatic hydroxyl groups is 1. The van der Waals surface area contributed by atoms with Gasteiger partial charge < -0.3 is 5.11 Å². The number of aryl methyl sites for hydroxylation is 2. The Hall–Kier alpha value is -0.830. The van der Waals surface area contributed by atoms with Gasteiger partial charge in [-0.1, -0.05) is 0 Å². The number of rotatable bonds is 2. The molecule has 1 aromatic rings. The molecule has 0 radical (unpaired) electrons. The average molecular weight is 166 g/mol. The third-order valence-electron chi connectivity index (χ3n) is 2.55. The summed E-state index contributed by atoms with van der Waals surface area (Å²) in [6.45, 7) is 0.228. The zero-order chi connectivity index (χ0) is 8.55. The van der Waals surface area contributed by atoms with E-state index >= 15 is 0 Å². The van der Waals surface area contributed by atoms with Crippen LogP contribution in [0.5, 0.6) is 0 Å². The summed E-state index contributed by atoms with van der Waals surface area (Å²) in [4.78, 5) is 0. The van der Waals surface area contributed by atoms with E-state index in [9.17, 15) is 0 Å². The van der Waals surface area contributed by atoms with Gasteiger partial charge in [-0.25, -0.2) is 0 Å². The zero-order valence-corrected chi connectivity index (χ0v) is 7.38. The molecule has 2 rings (SSSR count). The molecule has 0 aromatic carbocycles. The second-order valence-electron chi connectivity index (χ2n) is 3.32. The molecular formula is C9H14N2O. The van der Waals surface area contributed by atoms with Crippen molar-refractivity contribution in [3.05, 3.63) is 17.0 Å². The lowest BCUT2D eigenvalue weighted by molar-refractivity contribution is 0.296. The quantitative estimate of drug-likeness (QED) is 0.692. The molecule has 0 saturated heterocycles. The van der Waals surface area contributed by atoms with Gasteiger partial charge in [-0.3, -0.25) is 4.68 Å². The molecule has 0 fully saturated rings. The fraction of sp³-hybridized carbons (Fsp3) is 0.667. The molecule has 0 unspecified atom stereocenters. The van der Waals surface area contributed by atoms with Gasteiger partial charge >= 0.3 is 0 Å². The summed E-state index contributed by atoms with van der Waals surface area (Å²) in [7, 11) is 1.96. The Bertz CT molecular complexity index is 291. The van der Waals surface area contributed by atoms with Crippen molar-refractivity contribution in [1.29, 1.82) is 0 Å².